The number of fused-ring (bicyclic) bond motifs is 1. The third kappa shape index (κ3) is 2.71. The van der Waals surface area contributed by atoms with Crippen LogP contribution in [0.5, 0.6) is 0 Å². The first-order chi connectivity index (χ1) is 12.6. The van der Waals surface area contributed by atoms with Gasteiger partial charge in [-0.2, -0.15) is 5.26 Å². The average Bonchev–Trinajstić information content (AvgIpc) is 2.99. The molecule has 4 rings (SSSR count). The lowest BCUT2D eigenvalue weighted by Gasteiger charge is -2.40. The molecule has 6 heteroatoms. The SMILES string of the molecule is CCc1cc(C2(CC#N)COC2)ccc1Nc1cc2c(cn1)ncn2C. The second-order valence-corrected chi connectivity index (χ2v) is 6.87. The van der Waals surface area contributed by atoms with Gasteiger partial charge in [-0.25, -0.2) is 9.97 Å². The van der Waals surface area contributed by atoms with E-state index in [1.54, 1.807) is 12.5 Å². The van der Waals surface area contributed by atoms with Crippen LogP contribution in [0.2, 0.25) is 0 Å². The number of nitrogens with zero attached hydrogens (tertiary/aromatic N) is 4. The molecule has 26 heavy (non-hydrogen) atoms. The van der Waals surface area contributed by atoms with Crippen LogP contribution in [0, 0.1) is 11.3 Å². The smallest absolute Gasteiger partial charge is 0.132 e. The molecule has 2 aromatic heterocycles. The Hall–Kier alpha value is -2.91. The first-order valence-electron chi connectivity index (χ1n) is 8.77. The number of ether oxygens (including phenoxy) is 1. The zero-order valence-electron chi connectivity index (χ0n) is 15.0. The quantitative estimate of drug-likeness (QED) is 0.765. The minimum Gasteiger partial charge on any atom is -0.379 e. The van der Waals surface area contributed by atoms with Crippen molar-refractivity contribution in [3.05, 3.63) is 47.9 Å². The van der Waals surface area contributed by atoms with Crippen molar-refractivity contribution < 1.29 is 4.74 Å². The van der Waals surface area contributed by atoms with E-state index in [9.17, 15) is 0 Å². The molecule has 1 aliphatic heterocycles. The van der Waals surface area contributed by atoms with Gasteiger partial charge in [0.15, 0.2) is 0 Å². The Balaban J connectivity index is 1.65. The number of imidazole rings is 1. The molecule has 0 aliphatic carbocycles. The summed E-state index contributed by atoms with van der Waals surface area (Å²) in [5, 5.41) is 12.6. The molecule has 0 amide bonds. The molecule has 1 fully saturated rings. The number of pyridine rings is 1. The van der Waals surface area contributed by atoms with Gasteiger partial charge < -0.3 is 14.6 Å². The fourth-order valence-electron chi connectivity index (χ4n) is 3.45. The molecule has 3 heterocycles. The Bertz CT molecular complexity index is 997. The maximum absolute atomic E-state index is 9.16. The van der Waals surface area contributed by atoms with Gasteiger partial charge in [-0.1, -0.05) is 19.1 Å². The van der Waals surface area contributed by atoms with E-state index in [2.05, 4.69) is 46.5 Å². The molecule has 0 radical (unpaired) electrons. The normalized spacial score (nSPS) is 15.4. The van der Waals surface area contributed by atoms with E-state index < -0.39 is 0 Å². The first-order valence-corrected chi connectivity index (χ1v) is 8.77. The topological polar surface area (TPSA) is 75.8 Å². The highest BCUT2D eigenvalue weighted by molar-refractivity contribution is 5.78. The number of benzene rings is 1. The summed E-state index contributed by atoms with van der Waals surface area (Å²) in [5.41, 5.74) is 5.20. The van der Waals surface area contributed by atoms with Crippen LogP contribution in [0.25, 0.3) is 11.0 Å². The van der Waals surface area contributed by atoms with Gasteiger partial charge in [0.25, 0.3) is 0 Å². The number of hydrogen-bond donors (Lipinski definition) is 1. The Labute approximate surface area is 152 Å². The van der Waals surface area contributed by atoms with Gasteiger partial charge in [0.1, 0.15) is 11.3 Å². The van der Waals surface area contributed by atoms with E-state index in [0.29, 0.717) is 19.6 Å². The number of nitriles is 1. The largest absolute Gasteiger partial charge is 0.379 e. The van der Waals surface area contributed by atoms with Crippen molar-refractivity contribution in [2.45, 2.75) is 25.2 Å². The molecule has 6 nitrogen and oxygen atoms in total. The molecule has 0 spiro atoms. The molecule has 132 valence electrons. The van der Waals surface area contributed by atoms with Gasteiger partial charge in [0.2, 0.25) is 0 Å². The molecule has 1 aliphatic rings. The number of rotatable bonds is 5. The standard InChI is InChI=1S/C20H21N5O/c1-3-14-8-15(20(6-7-21)11-26-12-20)4-5-16(14)24-19-9-18-17(10-22-19)23-13-25(18)2/h4-5,8-10,13H,3,6,11-12H2,1-2H3,(H,22,24). The van der Waals surface area contributed by atoms with Gasteiger partial charge in [-0.15, -0.1) is 0 Å². The van der Waals surface area contributed by atoms with Crippen molar-refractivity contribution in [1.82, 2.24) is 14.5 Å². The number of aryl methyl sites for hydroxylation is 2. The Kier molecular flexibility index (Phi) is 4.09. The molecule has 1 N–H and O–H groups in total. The van der Waals surface area contributed by atoms with Crippen LogP contribution >= 0.6 is 0 Å². The van der Waals surface area contributed by atoms with E-state index in [-0.39, 0.29) is 5.41 Å². The van der Waals surface area contributed by atoms with E-state index in [4.69, 9.17) is 10.00 Å². The van der Waals surface area contributed by atoms with Gasteiger partial charge in [0, 0.05) is 25.2 Å². The Morgan fingerprint density at radius 2 is 2.15 bits per heavy atom. The summed E-state index contributed by atoms with van der Waals surface area (Å²) in [6.07, 6.45) is 4.96. The van der Waals surface area contributed by atoms with Crippen molar-refractivity contribution in [2.75, 3.05) is 18.5 Å². The third-order valence-corrected chi connectivity index (χ3v) is 5.15. The van der Waals surface area contributed by atoms with Crippen LogP contribution < -0.4 is 5.32 Å². The zero-order valence-corrected chi connectivity index (χ0v) is 15.0. The van der Waals surface area contributed by atoms with Crippen LogP contribution in [0.1, 0.15) is 24.5 Å². The first kappa shape index (κ1) is 16.6. The highest BCUT2D eigenvalue weighted by Crippen LogP contribution is 2.37. The number of aromatic nitrogens is 3. The van der Waals surface area contributed by atoms with Gasteiger partial charge in [0.05, 0.1) is 42.7 Å². The molecule has 0 saturated carbocycles. The predicted molar refractivity (Wildman–Crippen MR) is 100 cm³/mol. The summed E-state index contributed by atoms with van der Waals surface area (Å²) in [6, 6.07) is 10.7. The molecule has 1 aromatic carbocycles. The van der Waals surface area contributed by atoms with Crippen LogP contribution in [0.4, 0.5) is 11.5 Å². The lowest BCUT2D eigenvalue weighted by atomic mass is 9.75. The predicted octanol–water partition coefficient (Wildman–Crippen LogP) is 3.46. The molecule has 0 bridgehead atoms. The lowest BCUT2D eigenvalue weighted by molar-refractivity contribution is -0.0577. The van der Waals surface area contributed by atoms with Crippen molar-refractivity contribution in [1.29, 1.82) is 5.26 Å². The molecule has 1 saturated heterocycles. The van der Waals surface area contributed by atoms with Gasteiger partial charge in [-0.05, 0) is 23.6 Å². The number of nitrogens with one attached hydrogen (secondary N) is 1. The van der Waals surface area contributed by atoms with Gasteiger partial charge >= 0.3 is 0 Å². The van der Waals surface area contributed by atoms with E-state index in [1.807, 2.05) is 17.7 Å². The number of anilines is 2. The highest BCUT2D eigenvalue weighted by Gasteiger charge is 2.40. The maximum atomic E-state index is 9.16. The second-order valence-electron chi connectivity index (χ2n) is 6.87. The van der Waals surface area contributed by atoms with Crippen LogP contribution in [-0.4, -0.2) is 27.7 Å². The molecule has 3 aromatic rings. The fourth-order valence-corrected chi connectivity index (χ4v) is 3.45. The average molecular weight is 347 g/mol. The summed E-state index contributed by atoms with van der Waals surface area (Å²) in [7, 11) is 1.97. The lowest BCUT2D eigenvalue weighted by Crippen LogP contribution is -2.46. The summed E-state index contributed by atoms with van der Waals surface area (Å²) < 4.78 is 7.38. The number of hydrogen-bond acceptors (Lipinski definition) is 5. The highest BCUT2D eigenvalue weighted by atomic mass is 16.5. The molecular formula is C20H21N5O. The van der Waals surface area contributed by atoms with Crippen molar-refractivity contribution in [3.8, 4) is 6.07 Å². The molecule has 0 atom stereocenters. The Morgan fingerprint density at radius 1 is 1.31 bits per heavy atom. The fraction of sp³-hybridized carbons (Fsp3) is 0.350. The van der Waals surface area contributed by atoms with E-state index in [0.717, 1.165) is 29.0 Å². The van der Waals surface area contributed by atoms with Crippen molar-refractivity contribution in [3.63, 3.8) is 0 Å². The van der Waals surface area contributed by atoms with Gasteiger partial charge in [-0.3, -0.25) is 0 Å². The third-order valence-electron chi connectivity index (χ3n) is 5.15. The summed E-state index contributed by atoms with van der Waals surface area (Å²) in [6.45, 7) is 3.38. The van der Waals surface area contributed by atoms with Crippen molar-refractivity contribution >= 4 is 22.5 Å². The molecular weight excluding hydrogens is 326 g/mol. The Morgan fingerprint density at radius 3 is 2.85 bits per heavy atom. The summed E-state index contributed by atoms with van der Waals surface area (Å²) in [5.74, 6) is 0.794. The maximum Gasteiger partial charge on any atom is 0.132 e. The van der Waals surface area contributed by atoms with Crippen LogP contribution in [-0.2, 0) is 23.6 Å². The van der Waals surface area contributed by atoms with E-state index >= 15 is 0 Å². The minimum atomic E-state index is -0.150. The van der Waals surface area contributed by atoms with Crippen molar-refractivity contribution in [2.24, 2.45) is 7.05 Å². The summed E-state index contributed by atoms with van der Waals surface area (Å²) in [4.78, 5) is 8.78. The second kappa shape index (κ2) is 6.43. The molecule has 0 unspecified atom stereocenters. The monoisotopic (exact) mass is 347 g/mol. The van der Waals surface area contributed by atoms with Crippen LogP contribution in [0.15, 0.2) is 36.8 Å². The van der Waals surface area contributed by atoms with Crippen LogP contribution in [0.3, 0.4) is 0 Å². The van der Waals surface area contributed by atoms with E-state index in [1.165, 1.54) is 11.1 Å². The summed E-state index contributed by atoms with van der Waals surface area (Å²) >= 11 is 0. The zero-order chi connectivity index (χ0) is 18.1. The minimum absolute atomic E-state index is 0.150.